The summed E-state index contributed by atoms with van der Waals surface area (Å²) in [7, 11) is 0. The number of aliphatic carboxylic acids is 1. The van der Waals surface area contributed by atoms with Crippen LogP contribution in [0, 0.1) is 0 Å². The number of rotatable bonds is 5. The van der Waals surface area contributed by atoms with E-state index in [0.717, 1.165) is 18.4 Å². The third-order valence-electron chi connectivity index (χ3n) is 1.50. The lowest BCUT2D eigenvalue weighted by Crippen LogP contribution is -1.95. The number of allylic oxidation sites excluding steroid dienone is 3. The van der Waals surface area contributed by atoms with Crippen LogP contribution in [0.2, 0.25) is 0 Å². The molecule has 0 radical (unpaired) electrons. The molecule has 0 bridgehead atoms. The van der Waals surface area contributed by atoms with Crippen molar-refractivity contribution >= 4 is 17.6 Å². The minimum absolute atomic E-state index is 0.0457. The molecule has 13 heavy (non-hydrogen) atoms. The van der Waals surface area contributed by atoms with E-state index in [2.05, 4.69) is 0 Å². The average Bonchev–Trinajstić information content (AvgIpc) is 2.03. The lowest BCUT2D eigenvalue weighted by molar-refractivity contribution is -0.136. The molecule has 0 aromatic heterocycles. The molecule has 1 N–H and O–H groups in total. The van der Waals surface area contributed by atoms with E-state index in [1.807, 2.05) is 19.9 Å². The molecule has 0 aliphatic heterocycles. The maximum atomic E-state index is 10.4. The predicted octanol–water partition coefficient (Wildman–Crippen LogP) is 3.33. The normalized spacial score (nSPS) is 13.2. The molecule has 0 saturated carbocycles. The maximum Gasteiger partial charge on any atom is 0.307 e. The Morgan fingerprint density at radius 2 is 2.08 bits per heavy atom. The van der Waals surface area contributed by atoms with Crippen LogP contribution >= 0.6 is 11.6 Å². The number of hydrogen-bond acceptors (Lipinski definition) is 1. The number of carbonyl (C=O) groups is 1. The summed E-state index contributed by atoms with van der Waals surface area (Å²) in [5.74, 6) is -0.823. The molecule has 0 heterocycles. The van der Waals surface area contributed by atoms with Gasteiger partial charge in [0.1, 0.15) is 0 Å². The molecule has 0 saturated heterocycles. The van der Waals surface area contributed by atoms with Crippen LogP contribution in [0.4, 0.5) is 0 Å². The number of hydrogen-bond donors (Lipinski definition) is 1. The summed E-state index contributed by atoms with van der Waals surface area (Å²) in [4.78, 5) is 10.4. The highest BCUT2D eigenvalue weighted by Crippen LogP contribution is 2.13. The first kappa shape index (κ1) is 12.2. The van der Waals surface area contributed by atoms with Gasteiger partial charge in [-0.2, -0.15) is 0 Å². The van der Waals surface area contributed by atoms with Crippen molar-refractivity contribution in [3.8, 4) is 0 Å². The van der Waals surface area contributed by atoms with Crippen LogP contribution in [0.1, 0.15) is 33.1 Å². The third kappa shape index (κ3) is 6.41. The molecule has 0 aromatic rings. The molecular formula is C10H15ClO2. The van der Waals surface area contributed by atoms with Crippen molar-refractivity contribution in [3.05, 3.63) is 22.8 Å². The van der Waals surface area contributed by atoms with Crippen LogP contribution in [0.15, 0.2) is 22.8 Å². The maximum absolute atomic E-state index is 10.4. The summed E-state index contributed by atoms with van der Waals surface area (Å²) in [6.45, 7) is 3.90. The minimum Gasteiger partial charge on any atom is -0.481 e. The van der Waals surface area contributed by atoms with Gasteiger partial charge < -0.3 is 5.11 Å². The van der Waals surface area contributed by atoms with Crippen molar-refractivity contribution in [3.63, 3.8) is 0 Å². The van der Waals surface area contributed by atoms with Crippen molar-refractivity contribution in [2.24, 2.45) is 0 Å². The van der Waals surface area contributed by atoms with Crippen molar-refractivity contribution in [2.45, 2.75) is 33.1 Å². The largest absolute Gasteiger partial charge is 0.481 e. The molecule has 0 unspecified atom stereocenters. The highest BCUT2D eigenvalue weighted by atomic mass is 35.5. The average molecular weight is 203 g/mol. The molecule has 0 spiro atoms. The van der Waals surface area contributed by atoms with Gasteiger partial charge in [0, 0.05) is 5.03 Å². The fourth-order valence-corrected chi connectivity index (χ4v) is 1.06. The lowest BCUT2D eigenvalue weighted by Gasteiger charge is -1.98. The van der Waals surface area contributed by atoms with Crippen molar-refractivity contribution in [1.82, 2.24) is 0 Å². The van der Waals surface area contributed by atoms with Gasteiger partial charge in [0.05, 0.1) is 6.42 Å². The molecule has 3 heteroatoms. The monoisotopic (exact) mass is 202 g/mol. The fourth-order valence-electron chi connectivity index (χ4n) is 0.922. The smallest absolute Gasteiger partial charge is 0.307 e. The van der Waals surface area contributed by atoms with E-state index >= 15 is 0 Å². The molecule has 2 nitrogen and oxygen atoms in total. The Kier molecular flexibility index (Phi) is 6.33. The third-order valence-corrected chi connectivity index (χ3v) is 1.88. The number of carboxylic acids is 1. The molecule has 0 aliphatic carbocycles. The fraction of sp³-hybridized carbons (Fsp3) is 0.500. The van der Waals surface area contributed by atoms with Gasteiger partial charge in [0.25, 0.3) is 0 Å². The van der Waals surface area contributed by atoms with Gasteiger partial charge in [0.15, 0.2) is 0 Å². The van der Waals surface area contributed by atoms with E-state index in [0.29, 0.717) is 5.03 Å². The van der Waals surface area contributed by atoms with Gasteiger partial charge in [-0.05, 0) is 24.5 Å². The number of carboxylic acid groups (broad SMARTS) is 1. The summed E-state index contributed by atoms with van der Waals surface area (Å²) >= 11 is 5.81. The first-order valence-corrected chi connectivity index (χ1v) is 4.74. The lowest BCUT2D eigenvalue weighted by atomic mass is 10.1. The zero-order chi connectivity index (χ0) is 10.3. The molecule has 0 atom stereocenters. The first-order chi connectivity index (χ1) is 6.10. The Morgan fingerprint density at radius 1 is 1.46 bits per heavy atom. The Balaban J connectivity index is 4.44. The number of halogens is 1. The zero-order valence-electron chi connectivity index (χ0n) is 8.01. The highest BCUT2D eigenvalue weighted by Gasteiger charge is 2.01. The van der Waals surface area contributed by atoms with Crippen molar-refractivity contribution < 1.29 is 9.90 Å². The summed E-state index contributed by atoms with van der Waals surface area (Å²) < 4.78 is 0. The van der Waals surface area contributed by atoms with E-state index in [1.165, 1.54) is 0 Å². The van der Waals surface area contributed by atoms with Gasteiger partial charge in [-0.15, -0.1) is 0 Å². The van der Waals surface area contributed by atoms with Crippen LogP contribution in [0.3, 0.4) is 0 Å². The highest BCUT2D eigenvalue weighted by molar-refractivity contribution is 6.29. The van der Waals surface area contributed by atoms with Crippen molar-refractivity contribution in [1.29, 1.82) is 0 Å². The van der Waals surface area contributed by atoms with Gasteiger partial charge in [-0.3, -0.25) is 4.79 Å². The van der Waals surface area contributed by atoms with Gasteiger partial charge in [0.2, 0.25) is 0 Å². The van der Waals surface area contributed by atoms with E-state index in [-0.39, 0.29) is 6.42 Å². The molecule has 0 fully saturated rings. The Bertz CT molecular complexity index is 229. The molecule has 0 aliphatic rings. The molecular weight excluding hydrogens is 188 g/mol. The topological polar surface area (TPSA) is 37.3 Å². The van der Waals surface area contributed by atoms with E-state index in [1.54, 1.807) is 6.08 Å². The Hall–Kier alpha value is -0.760. The minimum atomic E-state index is -0.823. The van der Waals surface area contributed by atoms with E-state index < -0.39 is 5.97 Å². The second-order valence-corrected chi connectivity index (χ2v) is 3.19. The second-order valence-electron chi connectivity index (χ2n) is 2.70. The van der Waals surface area contributed by atoms with Gasteiger partial charge in [-0.25, -0.2) is 0 Å². The van der Waals surface area contributed by atoms with E-state index in [9.17, 15) is 4.79 Å². The summed E-state index contributed by atoms with van der Waals surface area (Å²) in [5, 5.41) is 9.28. The van der Waals surface area contributed by atoms with E-state index in [4.69, 9.17) is 16.7 Å². The predicted molar refractivity (Wildman–Crippen MR) is 54.9 cm³/mol. The van der Waals surface area contributed by atoms with Crippen molar-refractivity contribution in [2.75, 3.05) is 0 Å². The van der Waals surface area contributed by atoms with Gasteiger partial charge >= 0.3 is 5.97 Å². The summed E-state index contributed by atoms with van der Waals surface area (Å²) in [5.41, 5.74) is 0.779. The van der Waals surface area contributed by atoms with Crippen LogP contribution < -0.4 is 0 Å². The summed E-state index contributed by atoms with van der Waals surface area (Å²) in [6.07, 6.45) is 5.23. The van der Waals surface area contributed by atoms with Crippen LogP contribution in [0.5, 0.6) is 0 Å². The molecule has 0 amide bonds. The first-order valence-electron chi connectivity index (χ1n) is 4.37. The van der Waals surface area contributed by atoms with Crippen LogP contribution in [-0.2, 0) is 4.79 Å². The Labute approximate surface area is 83.9 Å². The molecule has 0 rings (SSSR count). The quantitative estimate of drug-likeness (QED) is 0.695. The van der Waals surface area contributed by atoms with Crippen LogP contribution in [0.25, 0.3) is 0 Å². The second kappa shape index (κ2) is 6.72. The zero-order valence-corrected chi connectivity index (χ0v) is 8.77. The Morgan fingerprint density at radius 3 is 2.46 bits per heavy atom. The SMILES string of the molecule is CC/C=C(\C=C(\Cl)CC)CC(=O)O. The van der Waals surface area contributed by atoms with Crippen LogP contribution in [-0.4, -0.2) is 11.1 Å². The standard InChI is InChI=1S/C10H15ClO2/c1-3-5-8(7-10(12)13)6-9(11)4-2/h5-6H,3-4,7H2,1-2H3,(H,12,13)/b8-5+,9-6+. The molecule has 74 valence electrons. The molecule has 0 aromatic carbocycles. The van der Waals surface area contributed by atoms with Gasteiger partial charge in [-0.1, -0.05) is 31.5 Å². The summed E-state index contributed by atoms with van der Waals surface area (Å²) in [6, 6.07) is 0.